The van der Waals surface area contributed by atoms with Gasteiger partial charge in [-0.2, -0.15) is 0 Å². The summed E-state index contributed by atoms with van der Waals surface area (Å²) in [7, 11) is 0. The van der Waals surface area contributed by atoms with Gasteiger partial charge < -0.3 is 14.2 Å². The number of ether oxygens (including phenoxy) is 3. The molecule has 5 heteroatoms. The first-order valence-corrected chi connectivity index (χ1v) is 4.65. The number of hydrogen-bond acceptors (Lipinski definition) is 5. The standard InChI is InChI=1S/C10H10O5/c11-9-7(1-3-14-9)5-13-6-8-2-4-15-10(8)12/h5-6H,1-4H2/b7-5-,8-6?. The molecular weight excluding hydrogens is 200 g/mol. The molecule has 0 N–H and O–H groups in total. The molecule has 0 aromatic carbocycles. The van der Waals surface area contributed by atoms with E-state index >= 15 is 0 Å². The molecule has 0 spiro atoms. The van der Waals surface area contributed by atoms with Crippen LogP contribution in [0.3, 0.4) is 0 Å². The summed E-state index contributed by atoms with van der Waals surface area (Å²) < 4.78 is 14.4. The third kappa shape index (κ3) is 2.18. The van der Waals surface area contributed by atoms with Gasteiger partial charge in [-0.25, -0.2) is 9.59 Å². The molecule has 2 saturated heterocycles. The number of carbonyl (C=O) groups excluding carboxylic acids is 2. The van der Waals surface area contributed by atoms with Crippen molar-refractivity contribution in [2.24, 2.45) is 0 Å². The predicted octanol–water partition coefficient (Wildman–Crippen LogP) is 0.665. The first-order chi connectivity index (χ1) is 7.27. The molecule has 2 heterocycles. The van der Waals surface area contributed by atoms with Crippen LogP contribution in [0.2, 0.25) is 0 Å². The smallest absolute Gasteiger partial charge is 0.337 e. The van der Waals surface area contributed by atoms with Crippen molar-refractivity contribution in [1.82, 2.24) is 0 Å². The first kappa shape index (κ1) is 9.76. The Morgan fingerprint density at radius 2 is 1.40 bits per heavy atom. The summed E-state index contributed by atoms with van der Waals surface area (Å²) in [6, 6.07) is 0. The molecule has 80 valence electrons. The Labute approximate surface area is 86.3 Å². The maximum absolute atomic E-state index is 11.0. The predicted molar refractivity (Wildman–Crippen MR) is 48.4 cm³/mol. The van der Waals surface area contributed by atoms with Crippen molar-refractivity contribution in [2.75, 3.05) is 13.2 Å². The minimum Gasteiger partial charge on any atom is -0.472 e. The molecule has 2 fully saturated rings. The van der Waals surface area contributed by atoms with Crippen molar-refractivity contribution >= 4 is 11.9 Å². The molecular formula is C10H10O5. The van der Waals surface area contributed by atoms with Crippen molar-refractivity contribution in [1.29, 1.82) is 0 Å². The highest BCUT2D eigenvalue weighted by molar-refractivity contribution is 5.90. The lowest BCUT2D eigenvalue weighted by molar-refractivity contribution is -0.135. The topological polar surface area (TPSA) is 61.8 Å². The van der Waals surface area contributed by atoms with E-state index in [1.54, 1.807) is 0 Å². The van der Waals surface area contributed by atoms with Crippen LogP contribution in [0.5, 0.6) is 0 Å². The maximum Gasteiger partial charge on any atom is 0.337 e. The SMILES string of the molecule is O=C1OCCC1=CO/C=C1/CCOC1=O. The zero-order valence-corrected chi connectivity index (χ0v) is 8.02. The summed E-state index contributed by atoms with van der Waals surface area (Å²) in [6.45, 7) is 0.791. The second kappa shape index (κ2) is 4.16. The van der Waals surface area contributed by atoms with Crippen molar-refractivity contribution in [3.05, 3.63) is 23.7 Å². The fourth-order valence-corrected chi connectivity index (χ4v) is 1.31. The fraction of sp³-hybridized carbons (Fsp3) is 0.400. The second-order valence-electron chi connectivity index (χ2n) is 3.19. The normalized spacial score (nSPS) is 25.9. The second-order valence-corrected chi connectivity index (χ2v) is 3.19. The molecule has 15 heavy (non-hydrogen) atoms. The van der Waals surface area contributed by atoms with Crippen LogP contribution >= 0.6 is 0 Å². The zero-order valence-electron chi connectivity index (χ0n) is 8.02. The van der Waals surface area contributed by atoms with E-state index in [2.05, 4.69) is 0 Å². The van der Waals surface area contributed by atoms with Crippen molar-refractivity contribution < 1.29 is 23.8 Å². The number of esters is 2. The Bertz CT molecular complexity index is 319. The molecule has 0 aromatic heterocycles. The molecule has 0 radical (unpaired) electrons. The van der Waals surface area contributed by atoms with E-state index in [4.69, 9.17) is 14.2 Å². The van der Waals surface area contributed by atoms with Gasteiger partial charge in [-0.05, 0) is 0 Å². The molecule has 0 unspecified atom stereocenters. The number of rotatable bonds is 2. The van der Waals surface area contributed by atoms with Gasteiger partial charge in [0.05, 0.1) is 24.4 Å². The van der Waals surface area contributed by atoms with Gasteiger partial charge in [0.1, 0.15) is 12.5 Å². The van der Waals surface area contributed by atoms with Gasteiger partial charge in [0, 0.05) is 12.8 Å². The molecule has 2 aliphatic rings. The summed E-state index contributed by atoms with van der Waals surface area (Å²) in [5, 5.41) is 0. The molecule has 0 atom stereocenters. The average Bonchev–Trinajstić information content (AvgIpc) is 2.78. The van der Waals surface area contributed by atoms with Gasteiger partial charge >= 0.3 is 11.9 Å². The fourth-order valence-electron chi connectivity index (χ4n) is 1.31. The molecule has 0 saturated carbocycles. The molecule has 5 nitrogen and oxygen atoms in total. The average molecular weight is 210 g/mol. The first-order valence-electron chi connectivity index (χ1n) is 4.65. The molecule has 2 aliphatic heterocycles. The lowest BCUT2D eigenvalue weighted by Gasteiger charge is -1.94. The molecule has 0 amide bonds. The number of hydrogen-bond donors (Lipinski definition) is 0. The number of carbonyl (C=O) groups is 2. The Morgan fingerprint density at radius 3 is 1.73 bits per heavy atom. The van der Waals surface area contributed by atoms with Crippen LogP contribution in [0.25, 0.3) is 0 Å². The minimum atomic E-state index is -0.359. The van der Waals surface area contributed by atoms with Gasteiger partial charge in [0.15, 0.2) is 0 Å². The van der Waals surface area contributed by atoms with Crippen LogP contribution < -0.4 is 0 Å². The van der Waals surface area contributed by atoms with Crippen LogP contribution in [0, 0.1) is 0 Å². The summed E-state index contributed by atoms with van der Waals surface area (Å²) in [5.74, 6) is -0.718. The van der Waals surface area contributed by atoms with Crippen LogP contribution in [-0.4, -0.2) is 25.2 Å². The highest BCUT2D eigenvalue weighted by Crippen LogP contribution is 2.15. The lowest BCUT2D eigenvalue weighted by atomic mass is 10.2. The summed E-state index contributed by atoms with van der Waals surface area (Å²) >= 11 is 0. The Morgan fingerprint density at radius 1 is 0.933 bits per heavy atom. The van der Waals surface area contributed by atoms with Gasteiger partial charge in [-0.15, -0.1) is 0 Å². The van der Waals surface area contributed by atoms with E-state index < -0.39 is 0 Å². The minimum absolute atomic E-state index is 0.359. The van der Waals surface area contributed by atoms with E-state index in [-0.39, 0.29) is 11.9 Å². The van der Waals surface area contributed by atoms with E-state index in [0.717, 1.165) is 0 Å². The van der Waals surface area contributed by atoms with E-state index in [1.165, 1.54) is 12.5 Å². The van der Waals surface area contributed by atoms with Crippen molar-refractivity contribution in [3.8, 4) is 0 Å². The van der Waals surface area contributed by atoms with Crippen molar-refractivity contribution in [2.45, 2.75) is 12.8 Å². The quantitative estimate of drug-likeness (QED) is 0.380. The van der Waals surface area contributed by atoms with Gasteiger partial charge in [0.2, 0.25) is 0 Å². The summed E-state index contributed by atoms with van der Waals surface area (Å²) in [4.78, 5) is 22.0. The Balaban J connectivity index is 1.93. The van der Waals surface area contributed by atoms with Gasteiger partial charge in [-0.1, -0.05) is 0 Å². The van der Waals surface area contributed by atoms with Gasteiger partial charge in [-0.3, -0.25) is 0 Å². The van der Waals surface area contributed by atoms with Crippen LogP contribution in [-0.2, 0) is 23.8 Å². The third-order valence-corrected chi connectivity index (χ3v) is 2.15. The zero-order chi connectivity index (χ0) is 10.7. The van der Waals surface area contributed by atoms with Crippen LogP contribution in [0.1, 0.15) is 12.8 Å². The van der Waals surface area contributed by atoms with Crippen LogP contribution in [0.4, 0.5) is 0 Å². The summed E-state index contributed by atoms with van der Waals surface area (Å²) in [6.07, 6.45) is 3.72. The molecule has 0 aliphatic carbocycles. The van der Waals surface area contributed by atoms with E-state index in [9.17, 15) is 9.59 Å². The monoisotopic (exact) mass is 210 g/mol. The summed E-state index contributed by atoms with van der Waals surface area (Å²) in [5.41, 5.74) is 0.969. The van der Waals surface area contributed by atoms with E-state index in [1.807, 2.05) is 0 Å². The lowest BCUT2D eigenvalue weighted by Crippen LogP contribution is -1.96. The Kier molecular flexibility index (Phi) is 2.71. The molecule has 2 rings (SSSR count). The highest BCUT2D eigenvalue weighted by Gasteiger charge is 2.20. The van der Waals surface area contributed by atoms with E-state index in [0.29, 0.717) is 37.2 Å². The van der Waals surface area contributed by atoms with Crippen LogP contribution in [0.15, 0.2) is 23.7 Å². The Hall–Kier alpha value is -1.78. The molecule has 0 aromatic rings. The molecule has 0 bridgehead atoms. The largest absolute Gasteiger partial charge is 0.472 e. The maximum atomic E-state index is 11.0. The third-order valence-electron chi connectivity index (χ3n) is 2.15. The number of cyclic esters (lactones) is 2. The highest BCUT2D eigenvalue weighted by atomic mass is 16.5. The van der Waals surface area contributed by atoms with Gasteiger partial charge in [0.25, 0.3) is 0 Å². The van der Waals surface area contributed by atoms with Crippen molar-refractivity contribution in [3.63, 3.8) is 0 Å².